The van der Waals surface area contributed by atoms with Gasteiger partial charge in [-0.05, 0) is 31.0 Å². The quantitative estimate of drug-likeness (QED) is 0.812. The molecule has 1 aliphatic heterocycles. The maximum atomic E-state index is 11.9. The molecule has 0 atom stereocenters. The second-order valence-electron chi connectivity index (χ2n) is 5.06. The van der Waals surface area contributed by atoms with Crippen LogP contribution in [0.3, 0.4) is 0 Å². The van der Waals surface area contributed by atoms with Crippen LogP contribution in [-0.4, -0.2) is 29.8 Å². The molecule has 0 unspecified atom stereocenters. The number of carbonyl (C=O) groups excluding carboxylic acids is 2. The van der Waals surface area contributed by atoms with Crippen LogP contribution in [0.2, 0.25) is 0 Å². The normalized spacial score (nSPS) is 19.5. The maximum absolute atomic E-state index is 11.9. The van der Waals surface area contributed by atoms with Crippen molar-refractivity contribution in [1.29, 1.82) is 0 Å². The first-order valence-corrected chi connectivity index (χ1v) is 6.40. The van der Waals surface area contributed by atoms with E-state index in [2.05, 4.69) is 5.32 Å². The number of nitrogens with zero attached hydrogens (tertiary/aromatic N) is 1. The average Bonchev–Trinajstić information content (AvgIpc) is 2.95. The topological polar surface area (TPSA) is 49.4 Å². The second kappa shape index (κ2) is 4.12. The van der Waals surface area contributed by atoms with Crippen molar-refractivity contribution in [2.24, 2.45) is 0 Å². The van der Waals surface area contributed by atoms with Gasteiger partial charge >= 0.3 is 0 Å². The summed E-state index contributed by atoms with van der Waals surface area (Å²) < 4.78 is 0. The fourth-order valence-electron chi connectivity index (χ4n) is 2.76. The zero-order chi connectivity index (χ0) is 12.7. The summed E-state index contributed by atoms with van der Waals surface area (Å²) in [5.74, 6) is -0.410. The third kappa shape index (κ3) is 1.68. The number of nitrogens with one attached hydrogen (secondary N) is 1. The lowest BCUT2D eigenvalue weighted by Gasteiger charge is -2.13. The summed E-state index contributed by atoms with van der Waals surface area (Å²) in [5.41, 5.74) is 1.97. The van der Waals surface area contributed by atoms with Crippen molar-refractivity contribution in [1.82, 2.24) is 4.90 Å². The van der Waals surface area contributed by atoms with Crippen LogP contribution in [0, 0.1) is 0 Å². The van der Waals surface area contributed by atoms with Gasteiger partial charge in [-0.2, -0.15) is 0 Å². The fraction of sp³-hybridized carbons (Fsp3) is 0.429. The third-order valence-electron chi connectivity index (χ3n) is 3.82. The number of carbonyl (C=O) groups is 2. The van der Waals surface area contributed by atoms with Gasteiger partial charge in [-0.25, -0.2) is 0 Å². The van der Waals surface area contributed by atoms with Crippen LogP contribution < -0.4 is 5.32 Å². The molecular formula is C14H16N2O2. The molecule has 0 bridgehead atoms. The molecule has 1 saturated carbocycles. The number of rotatable bonds is 2. The lowest BCUT2D eigenvalue weighted by atomic mass is 10.1. The largest absolute Gasteiger partial charge is 0.382 e. The lowest BCUT2D eigenvalue weighted by Crippen LogP contribution is -2.24. The van der Waals surface area contributed by atoms with Crippen LogP contribution in [0.1, 0.15) is 46.4 Å². The molecule has 0 radical (unpaired) electrons. The Kier molecular flexibility index (Phi) is 2.58. The Labute approximate surface area is 106 Å². The second-order valence-corrected chi connectivity index (χ2v) is 5.06. The van der Waals surface area contributed by atoms with Crippen LogP contribution in [-0.2, 0) is 0 Å². The Morgan fingerprint density at radius 2 is 1.78 bits per heavy atom. The molecule has 2 aliphatic rings. The number of hydrogen-bond donors (Lipinski definition) is 1. The van der Waals surface area contributed by atoms with E-state index in [-0.39, 0.29) is 11.8 Å². The predicted molar refractivity (Wildman–Crippen MR) is 68.7 cm³/mol. The van der Waals surface area contributed by atoms with E-state index in [9.17, 15) is 9.59 Å². The summed E-state index contributed by atoms with van der Waals surface area (Å²) in [6.07, 6.45) is 4.90. The van der Waals surface area contributed by atoms with Crippen molar-refractivity contribution >= 4 is 17.5 Å². The molecular weight excluding hydrogens is 228 g/mol. The molecule has 1 heterocycles. The third-order valence-corrected chi connectivity index (χ3v) is 3.82. The minimum absolute atomic E-state index is 0.204. The minimum Gasteiger partial charge on any atom is -0.382 e. The monoisotopic (exact) mass is 244 g/mol. The van der Waals surface area contributed by atoms with Crippen molar-refractivity contribution < 1.29 is 9.59 Å². The maximum Gasteiger partial charge on any atom is 0.261 e. The SMILES string of the molecule is CN1C(=O)c2ccc(NC3CCCC3)cc2C1=O. The Morgan fingerprint density at radius 1 is 1.11 bits per heavy atom. The Morgan fingerprint density at radius 3 is 2.50 bits per heavy atom. The van der Waals surface area contributed by atoms with Gasteiger partial charge in [-0.3, -0.25) is 14.5 Å². The summed E-state index contributed by atoms with van der Waals surface area (Å²) in [7, 11) is 1.52. The number of fused-ring (bicyclic) bond motifs is 1. The lowest BCUT2D eigenvalue weighted by molar-refractivity contribution is 0.0693. The van der Waals surface area contributed by atoms with Gasteiger partial charge in [-0.1, -0.05) is 12.8 Å². The molecule has 94 valence electrons. The van der Waals surface area contributed by atoms with Gasteiger partial charge in [0.25, 0.3) is 11.8 Å². The molecule has 1 aromatic rings. The van der Waals surface area contributed by atoms with Gasteiger partial charge in [0.2, 0.25) is 0 Å². The highest BCUT2D eigenvalue weighted by atomic mass is 16.2. The van der Waals surface area contributed by atoms with Gasteiger partial charge in [0.1, 0.15) is 0 Å². The van der Waals surface area contributed by atoms with E-state index in [1.54, 1.807) is 12.1 Å². The smallest absolute Gasteiger partial charge is 0.261 e. The van der Waals surface area contributed by atoms with Crippen molar-refractivity contribution in [2.45, 2.75) is 31.7 Å². The van der Waals surface area contributed by atoms with Crippen LogP contribution in [0.25, 0.3) is 0 Å². The van der Waals surface area contributed by atoms with E-state index >= 15 is 0 Å². The first kappa shape index (κ1) is 11.3. The zero-order valence-corrected chi connectivity index (χ0v) is 10.4. The zero-order valence-electron chi connectivity index (χ0n) is 10.4. The van der Waals surface area contributed by atoms with Crippen LogP contribution in [0.5, 0.6) is 0 Å². The number of anilines is 1. The van der Waals surface area contributed by atoms with E-state index in [0.29, 0.717) is 17.2 Å². The van der Waals surface area contributed by atoms with Crippen molar-refractivity contribution in [3.63, 3.8) is 0 Å². The van der Waals surface area contributed by atoms with E-state index in [1.165, 1.54) is 37.6 Å². The van der Waals surface area contributed by atoms with Gasteiger partial charge in [-0.15, -0.1) is 0 Å². The standard InChI is InChI=1S/C14H16N2O2/c1-16-13(17)11-7-6-10(8-12(11)14(16)18)15-9-4-2-3-5-9/h6-9,15H,2-5H2,1H3. The molecule has 1 fully saturated rings. The van der Waals surface area contributed by atoms with Crippen LogP contribution >= 0.6 is 0 Å². The Balaban J connectivity index is 1.87. The summed E-state index contributed by atoms with van der Waals surface area (Å²) >= 11 is 0. The molecule has 3 rings (SSSR count). The molecule has 0 saturated heterocycles. The van der Waals surface area contributed by atoms with Gasteiger partial charge in [0, 0.05) is 18.8 Å². The Hall–Kier alpha value is -1.84. The van der Waals surface area contributed by atoms with Crippen LogP contribution in [0.15, 0.2) is 18.2 Å². The number of imide groups is 1. The highest BCUT2D eigenvalue weighted by Gasteiger charge is 2.32. The molecule has 2 amide bonds. The summed E-state index contributed by atoms with van der Waals surface area (Å²) in [6, 6.07) is 5.95. The van der Waals surface area contributed by atoms with Crippen molar-refractivity contribution in [3.05, 3.63) is 29.3 Å². The van der Waals surface area contributed by atoms with Gasteiger partial charge in [0.05, 0.1) is 11.1 Å². The molecule has 1 N–H and O–H groups in total. The Bertz CT molecular complexity index is 519. The molecule has 1 aliphatic carbocycles. The van der Waals surface area contributed by atoms with Crippen molar-refractivity contribution in [3.8, 4) is 0 Å². The molecule has 0 aromatic heterocycles. The van der Waals surface area contributed by atoms with E-state index < -0.39 is 0 Å². The van der Waals surface area contributed by atoms with Crippen molar-refractivity contribution in [2.75, 3.05) is 12.4 Å². The first-order chi connectivity index (χ1) is 8.66. The van der Waals surface area contributed by atoms with Gasteiger partial charge < -0.3 is 5.32 Å². The van der Waals surface area contributed by atoms with E-state index in [0.717, 1.165) is 5.69 Å². The molecule has 18 heavy (non-hydrogen) atoms. The number of benzene rings is 1. The minimum atomic E-state index is -0.206. The van der Waals surface area contributed by atoms with Gasteiger partial charge in [0.15, 0.2) is 0 Å². The summed E-state index contributed by atoms with van der Waals surface area (Å²) in [5, 5.41) is 3.44. The predicted octanol–water partition coefficient (Wildman–Crippen LogP) is 2.27. The summed E-state index contributed by atoms with van der Waals surface area (Å²) in [6.45, 7) is 0. The van der Waals surface area contributed by atoms with Crippen LogP contribution in [0.4, 0.5) is 5.69 Å². The molecule has 4 heteroatoms. The average molecular weight is 244 g/mol. The highest BCUT2D eigenvalue weighted by Crippen LogP contribution is 2.27. The molecule has 0 spiro atoms. The number of hydrogen-bond acceptors (Lipinski definition) is 3. The van der Waals surface area contributed by atoms with E-state index in [4.69, 9.17) is 0 Å². The number of amides is 2. The molecule has 1 aromatic carbocycles. The van der Waals surface area contributed by atoms with E-state index in [1.807, 2.05) is 6.07 Å². The first-order valence-electron chi connectivity index (χ1n) is 6.40. The summed E-state index contributed by atoms with van der Waals surface area (Å²) in [4.78, 5) is 24.8. The molecule has 4 nitrogen and oxygen atoms in total. The fourth-order valence-corrected chi connectivity index (χ4v) is 2.76. The highest BCUT2D eigenvalue weighted by molar-refractivity contribution is 6.21.